The Balaban J connectivity index is 2.32. The third-order valence-corrected chi connectivity index (χ3v) is 2.95. The molecule has 1 aromatic heterocycles. The highest BCUT2D eigenvalue weighted by Crippen LogP contribution is 2.02. The molecule has 6 heteroatoms. The molecular formula is C14H22N2O4. The van der Waals surface area contributed by atoms with Crippen LogP contribution in [0, 0.1) is 0 Å². The van der Waals surface area contributed by atoms with Gasteiger partial charge >= 0.3 is 5.97 Å². The van der Waals surface area contributed by atoms with Crippen LogP contribution in [0.15, 0.2) is 22.8 Å². The molecule has 2 N–H and O–H groups in total. The van der Waals surface area contributed by atoms with Crippen molar-refractivity contribution in [2.24, 2.45) is 0 Å². The summed E-state index contributed by atoms with van der Waals surface area (Å²) in [6, 6.07) is 3.76. The number of carboxylic acids is 1. The zero-order chi connectivity index (χ0) is 15.0. The Kier molecular flexibility index (Phi) is 6.79. The van der Waals surface area contributed by atoms with Gasteiger partial charge in [-0.2, -0.15) is 0 Å². The quantitative estimate of drug-likeness (QED) is 0.716. The van der Waals surface area contributed by atoms with E-state index in [9.17, 15) is 9.59 Å². The van der Waals surface area contributed by atoms with Gasteiger partial charge in [-0.1, -0.05) is 0 Å². The number of nitrogens with one attached hydrogen (secondary N) is 1. The van der Waals surface area contributed by atoms with Crippen molar-refractivity contribution in [2.75, 3.05) is 13.1 Å². The van der Waals surface area contributed by atoms with Crippen LogP contribution in [-0.4, -0.2) is 41.0 Å². The number of carbonyl (C=O) groups excluding carboxylic acids is 1. The molecular weight excluding hydrogens is 260 g/mol. The number of aliphatic carboxylic acids is 1. The molecule has 0 spiro atoms. The second kappa shape index (κ2) is 8.37. The molecule has 1 amide bonds. The predicted octanol–water partition coefficient (Wildman–Crippen LogP) is 1.47. The van der Waals surface area contributed by atoms with Crippen molar-refractivity contribution in [1.29, 1.82) is 0 Å². The predicted molar refractivity (Wildman–Crippen MR) is 74.1 cm³/mol. The van der Waals surface area contributed by atoms with Gasteiger partial charge in [-0.25, -0.2) is 0 Å². The van der Waals surface area contributed by atoms with Crippen molar-refractivity contribution in [2.45, 2.75) is 39.3 Å². The zero-order valence-corrected chi connectivity index (χ0v) is 12.0. The summed E-state index contributed by atoms with van der Waals surface area (Å²) in [5.41, 5.74) is 0. The van der Waals surface area contributed by atoms with Crippen LogP contribution in [0.2, 0.25) is 0 Å². The number of nitrogens with zero attached hydrogens (tertiary/aromatic N) is 1. The van der Waals surface area contributed by atoms with Crippen molar-refractivity contribution in [1.82, 2.24) is 10.2 Å². The van der Waals surface area contributed by atoms with E-state index in [2.05, 4.69) is 5.32 Å². The Hall–Kier alpha value is -1.82. The van der Waals surface area contributed by atoms with Gasteiger partial charge in [0, 0.05) is 12.5 Å². The molecule has 0 aliphatic heterocycles. The van der Waals surface area contributed by atoms with Crippen LogP contribution >= 0.6 is 0 Å². The van der Waals surface area contributed by atoms with Gasteiger partial charge in [0.05, 0.1) is 19.4 Å². The van der Waals surface area contributed by atoms with Crippen molar-refractivity contribution in [3.8, 4) is 0 Å². The van der Waals surface area contributed by atoms with Crippen LogP contribution in [0.4, 0.5) is 0 Å². The average molecular weight is 282 g/mol. The molecule has 0 radical (unpaired) electrons. The third-order valence-electron chi connectivity index (χ3n) is 2.95. The summed E-state index contributed by atoms with van der Waals surface area (Å²) in [6.07, 6.45) is 2.23. The molecule has 0 saturated heterocycles. The fraction of sp³-hybridized carbons (Fsp3) is 0.571. The van der Waals surface area contributed by atoms with Crippen LogP contribution in [0.25, 0.3) is 0 Å². The highest BCUT2D eigenvalue weighted by Gasteiger charge is 2.14. The fourth-order valence-electron chi connectivity index (χ4n) is 1.79. The van der Waals surface area contributed by atoms with Gasteiger partial charge in [-0.3, -0.25) is 14.5 Å². The van der Waals surface area contributed by atoms with Gasteiger partial charge < -0.3 is 14.8 Å². The summed E-state index contributed by atoms with van der Waals surface area (Å²) in [7, 11) is 0. The molecule has 0 aliphatic rings. The number of carbonyl (C=O) groups is 2. The van der Waals surface area contributed by atoms with Gasteiger partial charge in [-0.15, -0.1) is 0 Å². The lowest BCUT2D eigenvalue weighted by atomic mass is 10.2. The van der Waals surface area contributed by atoms with E-state index in [1.165, 1.54) is 0 Å². The molecule has 0 fully saturated rings. The molecule has 0 bridgehead atoms. The minimum Gasteiger partial charge on any atom is -0.481 e. The van der Waals surface area contributed by atoms with Crippen molar-refractivity contribution in [3.05, 3.63) is 24.2 Å². The lowest BCUT2D eigenvalue weighted by molar-refractivity contribution is -0.137. The van der Waals surface area contributed by atoms with Crippen molar-refractivity contribution in [3.63, 3.8) is 0 Å². The van der Waals surface area contributed by atoms with E-state index < -0.39 is 5.97 Å². The summed E-state index contributed by atoms with van der Waals surface area (Å²) in [4.78, 5) is 24.3. The average Bonchev–Trinajstić information content (AvgIpc) is 2.87. The third kappa shape index (κ3) is 6.38. The van der Waals surface area contributed by atoms with Crippen LogP contribution in [0.5, 0.6) is 0 Å². The van der Waals surface area contributed by atoms with Crippen molar-refractivity contribution >= 4 is 11.9 Å². The topological polar surface area (TPSA) is 82.8 Å². The highest BCUT2D eigenvalue weighted by molar-refractivity contribution is 5.78. The van der Waals surface area contributed by atoms with E-state index in [1.807, 2.05) is 18.7 Å². The normalized spacial score (nSPS) is 11.0. The molecule has 1 aromatic rings. The smallest absolute Gasteiger partial charge is 0.303 e. The maximum atomic E-state index is 11.8. The molecule has 6 nitrogen and oxygen atoms in total. The molecule has 0 saturated carbocycles. The van der Waals surface area contributed by atoms with Crippen molar-refractivity contribution < 1.29 is 19.1 Å². The monoisotopic (exact) mass is 282 g/mol. The van der Waals surface area contributed by atoms with Crippen LogP contribution < -0.4 is 5.32 Å². The first kappa shape index (κ1) is 16.2. The number of amides is 1. The molecule has 1 rings (SSSR count). The Morgan fingerprint density at radius 2 is 2.20 bits per heavy atom. The second-order valence-electron chi connectivity index (χ2n) is 4.92. The lowest BCUT2D eigenvalue weighted by Crippen LogP contribution is -2.41. The molecule has 0 aliphatic carbocycles. The Bertz CT molecular complexity index is 415. The molecule has 0 unspecified atom stereocenters. The number of hydrogen-bond acceptors (Lipinski definition) is 4. The largest absolute Gasteiger partial charge is 0.481 e. The summed E-state index contributed by atoms with van der Waals surface area (Å²) < 4.78 is 5.13. The number of rotatable bonds is 9. The van der Waals surface area contributed by atoms with Crippen LogP contribution in [0.3, 0.4) is 0 Å². The Morgan fingerprint density at radius 1 is 1.45 bits per heavy atom. The number of carboxylic acid groups (broad SMARTS) is 1. The van der Waals surface area contributed by atoms with E-state index in [0.29, 0.717) is 25.3 Å². The minimum absolute atomic E-state index is 0.0922. The fourth-order valence-corrected chi connectivity index (χ4v) is 1.79. The van der Waals surface area contributed by atoms with Gasteiger partial charge in [0.15, 0.2) is 0 Å². The van der Waals surface area contributed by atoms with Gasteiger partial charge in [0.1, 0.15) is 5.76 Å². The van der Waals surface area contributed by atoms with Gasteiger partial charge in [0.2, 0.25) is 5.91 Å². The second-order valence-corrected chi connectivity index (χ2v) is 4.92. The van der Waals surface area contributed by atoms with Crippen LogP contribution in [-0.2, 0) is 16.1 Å². The van der Waals surface area contributed by atoms with E-state index in [0.717, 1.165) is 0 Å². The molecule has 112 valence electrons. The SMILES string of the molecule is CC(C)N(CCCC(=O)O)CC(=O)NCc1ccco1. The molecule has 1 heterocycles. The summed E-state index contributed by atoms with van der Waals surface area (Å²) in [5.74, 6) is -0.193. The molecule has 0 atom stereocenters. The first-order chi connectivity index (χ1) is 9.49. The molecule has 0 aromatic carbocycles. The Morgan fingerprint density at radius 3 is 2.75 bits per heavy atom. The maximum absolute atomic E-state index is 11.8. The summed E-state index contributed by atoms with van der Waals surface area (Å²) in [5, 5.41) is 11.4. The van der Waals surface area contributed by atoms with E-state index in [-0.39, 0.29) is 24.9 Å². The summed E-state index contributed by atoms with van der Waals surface area (Å²) >= 11 is 0. The highest BCUT2D eigenvalue weighted by atomic mass is 16.4. The standard InChI is InChI=1S/C14H22N2O4/c1-11(2)16(7-3-6-14(18)19)10-13(17)15-9-12-5-4-8-20-12/h4-5,8,11H,3,6-7,9-10H2,1-2H3,(H,15,17)(H,18,19). The van der Waals surface area contributed by atoms with E-state index >= 15 is 0 Å². The zero-order valence-electron chi connectivity index (χ0n) is 12.0. The number of furan rings is 1. The maximum Gasteiger partial charge on any atom is 0.303 e. The van der Waals surface area contributed by atoms with E-state index in [1.54, 1.807) is 18.4 Å². The van der Waals surface area contributed by atoms with Gasteiger partial charge in [0.25, 0.3) is 0 Å². The Labute approximate surface area is 118 Å². The van der Waals surface area contributed by atoms with E-state index in [4.69, 9.17) is 9.52 Å². The lowest BCUT2D eigenvalue weighted by Gasteiger charge is -2.25. The van der Waals surface area contributed by atoms with Crippen LogP contribution in [0.1, 0.15) is 32.4 Å². The summed E-state index contributed by atoms with van der Waals surface area (Å²) in [6.45, 7) is 5.20. The first-order valence-electron chi connectivity index (χ1n) is 6.74. The number of hydrogen-bond donors (Lipinski definition) is 2. The molecule has 20 heavy (non-hydrogen) atoms. The minimum atomic E-state index is -0.809. The van der Waals surface area contributed by atoms with Gasteiger partial charge in [-0.05, 0) is 38.9 Å². The first-order valence-corrected chi connectivity index (χ1v) is 6.74.